The Bertz CT molecular complexity index is 706. The zero-order valence-electron chi connectivity index (χ0n) is 11.5. The maximum absolute atomic E-state index is 12.7. The Balaban J connectivity index is 2.15. The number of hydrogen-bond donors (Lipinski definition) is 0. The molecule has 21 heavy (non-hydrogen) atoms. The number of amides is 1. The van der Waals surface area contributed by atoms with Crippen molar-refractivity contribution in [3.05, 3.63) is 78.4 Å². The molecule has 2 aromatic carbocycles. The first-order valence-electron chi connectivity index (χ1n) is 6.84. The fraction of sp³-hybridized carbons (Fsp3) is 0.111. The molecular formula is C18H15NO2. The highest BCUT2D eigenvalue weighted by Crippen LogP contribution is 2.35. The van der Waals surface area contributed by atoms with Crippen LogP contribution in [-0.4, -0.2) is 18.2 Å². The number of ketones is 1. The van der Waals surface area contributed by atoms with Gasteiger partial charge in [0.2, 0.25) is 5.91 Å². The van der Waals surface area contributed by atoms with E-state index in [1.807, 2.05) is 42.5 Å². The van der Waals surface area contributed by atoms with Gasteiger partial charge in [-0.05, 0) is 17.7 Å². The van der Waals surface area contributed by atoms with E-state index in [0.717, 1.165) is 5.56 Å². The number of carbonyl (C=O) groups is 2. The second-order valence-corrected chi connectivity index (χ2v) is 4.96. The Hall–Kier alpha value is -2.68. The van der Waals surface area contributed by atoms with Crippen molar-refractivity contribution in [3.63, 3.8) is 0 Å². The first kappa shape index (κ1) is 13.3. The van der Waals surface area contributed by atoms with E-state index in [1.54, 1.807) is 23.1 Å². The standard InChI is InChI=1S/C18H15NO2/c1-2-12-19-15-11-7-6-10-14(15)17(20)16(18(19)21)13-8-4-3-5-9-13/h2-11,16H,1,12H2. The van der Waals surface area contributed by atoms with Gasteiger partial charge in [-0.25, -0.2) is 0 Å². The summed E-state index contributed by atoms with van der Waals surface area (Å²) >= 11 is 0. The van der Waals surface area contributed by atoms with E-state index in [0.29, 0.717) is 17.8 Å². The summed E-state index contributed by atoms with van der Waals surface area (Å²) in [6.45, 7) is 4.10. The van der Waals surface area contributed by atoms with Crippen molar-refractivity contribution >= 4 is 17.4 Å². The zero-order valence-corrected chi connectivity index (χ0v) is 11.5. The molecule has 104 valence electrons. The lowest BCUT2D eigenvalue weighted by Crippen LogP contribution is -2.43. The third-order valence-corrected chi connectivity index (χ3v) is 3.68. The smallest absolute Gasteiger partial charge is 0.242 e. The molecule has 0 fully saturated rings. The summed E-state index contributed by atoms with van der Waals surface area (Å²) in [5.74, 6) is -1.09. The average molecular weight is 277 g/mol. The molecule has 0 spiro atoms. The van der Waals surface area contributed by atoms with E-state index in [2.05, 4.69) is 6.58 Å². The molecule has 0 saturated carbocycles. The Morgan fingerprint density at radius 2 is 1.67 bits per heavy atom. The van der Waals surface area contributed by atoms with Crippen LogP contribution in [0.3, 0.4) is 0 Å². The zero-order chi connectivity index (χ0) is 14.8. The fourth-order valence-electron chi connectivity index (χ4n) is 2.72. The number of carbonyl (C=O) groups excluding carboxylic acids is 2. The number of Topliss-reactive ketones (excluding diaryl/α,β-unsaturated/α-hetero) is 1. The summed E-state index contributed by atoms with van der Waals surface area (Å²) in [6.07, 6.45) is 1.67. The maximum atomic E-state index is 12.7. The predicted octanol–water partition coefficient (Wildman–Crippen LogP) is 3.19. The molecule has 0 saturated heterocycles. The number of rotatable bonds is 3. The molecule has 0 aromatic heterocycles. The summed E-state index contributed by atoms with van der Waals surface area (Å²) in [4.78, 5) is 27.1. The Morgan fingerprint density at radius 3 is 2.38 bits per heavy atom. The van der Waals surface area contributed by atoms with Gasteiger partial charge in [0.25, 0.3) is 0 Å². The molecule has 1 aliphatic rings. The second kappa shape index (κ2) is 5.37. The third-order valence-electron chi connectivity index (χ3n) is 3.68. The monoisotopic (exact) mass is 277 g/mol. The van der Waals surface area contributed by atoms with Crippen molar-refractivity contribution in [2.45, 2.75) is 5.92 Å². The SMILES string of the molecule is C=CCN1C(=O)C(c2ccccc2)C(=O)c2ccccc21. The molecule has 0 aliphatic carbocycles. The molecule has 1 atom stereocenters. The number of nitrogens with zero attached hydrogens (tertiary/aromatic N) is 1. The lowest BCUT2D eigenvalue weighted by molar-refractivity contribution is -0.119. The quantitative estimate of drug-likeness (QED) is 0.638. The first-order valence-corrected chi connectivity index (χ1v) is 6.84. The van der Waals surface area contributed by atoms with Crippen LogP contribution in [-0.2, 0) is 4.79 Å². The second-order valence-electron chi connectivity index (χ2n) is 4.96. The Kier molecular flexibility index (Phi) is 3.40. The lowest BCUT2D eigenvalue weighted by atomic mass is 9.85. The molecule has 1 aliphatic heterocycles. The predicted molar refractivity (Wildman–Crippen MR) is 82.5 cm³/mol. The fourth-order valence-corrected chi connectivity index (χ4v) is 2.72. The number of benzene rings is 2. The van der Waals surface area contributed by atoms with E-state index >= 15 is 0 Å². The number of hydrogen-bond acceptors (Lipinski definition) is 2. The number of fused-ring (bicyclic) bond motifs is 1. The van der Waals surface area contributed by atoms with Crippen molar-refractivity contribution in [2.24, 2.45) is 0 Å². The molecule has 1 amide bonds. The molecule has 1 heterocycles. The van der Waals surface area contributed by atoms with Crippen LogP contribution in [0.1, 0.15) is 21.8 Å². The van der Waals surface area contributed by atoms with Crippen LogP contribution >= 0.6 is 0 Å². The van der Waals surface area contributed by atoms with Gasteiger partial charge in [0.1, 0.15) is 5.92 Å². The molecule has 1 unspecified atom stereocenters. The van der Waals surface area contributed by atoms with Gasteiger partial charge in [-0.15, -0.1) is 6.58 Å². The minimum absolute atomic E-state index is 0.137. The maximum Gasteiger partial charge on any atom is 0.242 e. The van der Waals surface area contributed by atoms with Crippen LogP contribution < -0.4 is 4.90 Å². The van der Waals surface area contributed by atoms with Crippen molar-refractivity contribution in [3.8, 4) is 0 Å². The molecule has 0 N–H and O–H groups in total. The van der Waals surface area contributed by atoms with Crippen molar-refractivity contribution < 1.29 is 9.59 Å². The van der Waals surface area contributed by atoms with Crippen LogP contribution in [0.25, 0.3) is 0 Å². The average Bonchev–Trinajstić information content (AvgIpc) is 2.53. The van der Waals surface area contributed by atoms with Crippen LogP contribution in [0, 0.1) is 0 Å². The van der Waals surface area contributed by atoms with Gasteiger partial charge in [-0.3, -0.25) is 9.59 Å². The molecule has 0 bridgehead atoms. The number of anilines is 1. The van der Waals surface area contributed by atoms with E-state index in [4.69, 9.17) is 0 Å². The lowest BCUT2D eigenvalue weighted by Gasteiger charge is -2.32. The van der Waals surface area contributed by atoms with Crippen LogP contribution in [0.15, 0.2) is 67.3 Å². The van der Waals surface area contributed by atoms with Gasteiger partial charge in [-0.1, -0.05) is 48.5 Å². The van der Waals surface area contributed by atoms with Gasteiger partial charge in [-0.2, -0.15) is 0 Å². The highest BCUT2D eigenvalue weighted by Gasteiger charge is 2.39. The molecule has 3 rings (SSSR count). The molecule has 3 heteroatoms. The first-order chi connectivity index (χ1) is 10.2. The summed E-state index contributed by atoms with van der Waals surface area (Å²) in [5.41, 5.74) is 1.99. The summed E-state index contributed by atoms with van der Waals surface area (Å²) < 4.78 is 0. The highest BCUT2D eigenvalue weighted by molar-refractivity contribution is 6.25. The van der Waals surface area contributed by atoms with E-state index in [1.165, 1.54) is 0 Å². The van der Waals surface area contributed by atoms with Crippen molar-refractivity contribution in [1.29, 1.82) is 0 Å². The molecule has 3 nitrogen and oxygen atoms in total. The van der Waals surface area contributed by atoms with Gasteiger partial charge >= 0.3 is 0 Å². The molecule has 2 aromatic rings. The van der Waals surface area contributed by atoms with Gasteiger partial charge in [0, 0.05) is 12.1 Å². The van der Waals surface area contributed by atoms with Gasteiger partial charge in [0.15, 0.2) is 5.78 Å². The topological polar surface area (TPSA) is 37.4 Å². The van der Waals surface area contributed by atoms with Gasteiger partial charge < -0.3 is 4.90 Å². The third kappa shape index (κ3) is 2.17. The highest BCUT2D eigenvalue weighted by atomic mass is 16.2. The van der Waals surface area contributed by atoms with Crippen LogP contribution in [0.5, 0.6) is 0 Å². The Morgan fingerprint density at radius 1 is 1.00 bits per heavy atom. The largest absolute Gasteiger partial charge is 0.307 e. The normalized spacial score (nSPS) is 17.5. The summed E-state index contributed by atoms with van der Waals surface area (Å²) in [7, 11) is 0. The minimum atomic E-state index is -0.763. The van der Waals surface area contributed by atoms with Crippen molar-refractivity contribution in [2.75, 3.05) is 11.4 Å². The van der Waals surface area contributed by atoms with Crippen LogP contribution in [0.2, 0.25) is 0 Å². The summed E-state index contributed by atoms with van der Waals surface area (Å²) in [6, 6.07) is 16.4. The minimum Gasteiger partial charge on any atom is -0.307 e. The van der Waals surface area contributed by atoms with E-state index in [9.17, 15) is 9.59 Å². The summed E-state index contributed by atoms with van der Waals surface area (Å²) in [5, 5.41) is 0. The van der Waals surface area contributed by atoms with Crippen molar-refractivity contribution in [1.82, 2.24) is 0 Å². The Labute approximate surface area is 123 Å². The van der Waals surface area contributed by atoms with E-state index in [-0.39, 0.29) is 11.7 Å². The number of para-hydroxylation sites is 1. The molecule has 0 radical (unpaired) electrons. The molecular weight excluding hydrogens is 262 g/mol. The van der Waals surface area contributed by atoms with Crippen LogP contribution in [0.4, 0.5) is 5.69 Å². The van der Waals surface area contributed by atoms with E-state index < -0.39 is 5.92 Å². The van der Waals surface area contributed by atoms with Gasteiger partial charge in [0.05, 0.1) is 5.69 Å².